The minimum absolute atomic E-state index is 0.0480. The van der Waals surface area contributed by atoms with Crippen LogP contribution in [0.3, 0.4) is 0 Å². The summed E-state index contributed by atoms with van der Waals surface area (Å²) in [5.74, 6) is -5.37. The van der Waals surface area contributed by atoms with Gasteiger partial charge in [-0.2, -0.15) is 0 Å². The molecule has 108 valence electrons. The summed E-state index contributed by atoms with van der Waals surface area (Å²) in [6.45, 7) is 2.82. The molecule has 1 aromatic rings. The van der Waals surface area contributed by atoms with Crippen LogP contribution in [0.15, 0.2) is 12.1 Å². The molecule has 20 heavy (non-hydrogen) atoms. The van der Waals surface area contributed by atoms with E-state index in [1.807, 2.05) is 0 Å². The monoisotopic (exact) mass is 286 g/mol. The molecule has 1 saturated heterocycles. The lowest BCUT2D eigenvalue weighted by Crippen LogP contribution is -2.53. The zero-order chi connectivity index (χ0) is 15.1. The van der Waals surface area contributed by atoms with Crippen molar-refractivity contribution < 1.29 is 22.8 Å². The summed E-state index contributed by atoms with van der Waals surface area (Å²) in [7, 11) is 0. The maximum absolute atomic E-state index is 13.8. The number of rotatable bonds is 1. The summed E-state index contributed by atoms with van der Waals surface area (Å²) in [4.78, 5) is 24.8. The van der Waals surface area contributed by atoms with E-state index >= 15 is 0 Å². The predicted molar refractivity (Wildman–Crippen MR) is 65.5 cm³/mol. The fourth-order valence-electron chi connectivity index (χ4n) is 2.07. The first-order valence-electron chi connectivity index (χ1n) is 6.00. The molecule has 7 heteroatoms. The van der Waals surface area contributed by atoms with Crippen molar-refractivity contribution in [3.05, 3.63) is 29.6 Å². The van der Waals surface area contributed by atoms with E-state index in [9.17, 15) is 22.8 Å². The van der Waals surface area contributed by atoms with Crippen molar-refractivity contribution in [1.29, 1.82) is 0 Å². The van der Waals surface area contributed by atoms with Crippen LogP contribution in [0, 0.1) is 17.5 Å². The molecule has 1 fully saturated rings. The van der Waals surface area contributed by atoms with Gasteiger partial charge in [-0.3, -0.25) is 9.59 Å². The average molecular weight is 286 g/mol. The normalized spacial score (nSPS) is 18.8. The van der Waals surface area contributed by atoms with Crippen molar-refractivity contribution >= 4 is 17.5 Å². The molecule has 0 radical (unpaired) electrons. The van der Waals surface area contributed by atoms with Crippen molar-refractivity contribution in [2.75, 3.05) is 11.4 Å². The van der Waals surface area contributed by atoms with Gasteiger partial charge >= 0.3 is 0 Å². The van der Waals surface area contributed by atoms with Crippen LogP contribution in [0.25, 0.3) is 0 Å². The number of hydrogen-bond acceptors (Lipinski definition) is 2. The standard InChI is InChI=1S/C13H13F3N2O2/c1-13(2)12(20)18(6-5-9(19)17-13)8-4-3-7(14)10(15)11(8)16/h3-4H,5-6H2,1-2H3,(H,17,19). The molecule has 0 aromatic heterocycles. The maximum atomic E-state index is 13.8. The molecule has 1 aliphatic heterocycles. The largest absolute Gasteiger partial charge is 0.342 e. The Kier molecular flexibility index (Phi) is 3.45. The van der Waals surface area contributed by atoms with Gasteiger partial charge in [-0.25, -0.2) is 13.2 Å². The van der Waals surface area contributed by atoms with Gasteiger partial charge in [-0.15, -0.1) is 0 Å². The Bertz CT molecular complexity index is 587. The zero-order valence-electron chi connectivity index (χ0n) is 11.0. The van der Waals surface area contributed by atoms with E-state index in [0.29, 0.717) is 0 Å². The van der Waals surface area contributed by atoms with Gasteiger partial charge in [0.15, 0.2) is 17.5 Å². The van der Waals surface area contributed by atoms with Crippen LogP contribution in [-0.2, 0) is 9.59 Å². The first-order valence-corrected chi connectivity index (χ1v) is 6.00. The Morgan fingerprint density at radius 3 is 2.45 bits per heavy atom. The number of hydrogen-bond donors (Lipinski definition) is 1. The number of benzene rings is 1. The smallest absolute Gasteiger partial charge is 0.252 e. The lowest BCUT2D eigenvalue weighted by atomic mass is 10.0. The Balaban J connectivity index is 2.48. The summed E-state index contributed by atoms with van der Waals surface area (Å²) in [6, 6.07) is 1.73. The van der Waals surface area contributed by atoms with Gasteiger partial charge in [0.1, 0.15) is 5.54 Å². The Labute approximate surface area is 113 Å². The molecule has 4 nitrogen and oxygen atoms in total. The number of amides is 2. The Hall–Kier alpha value is -2.05. The van der Waals surface area contributed by atoms with Gasteiger partial charge in [0.25, 0.3) is 5.91 Å². The molecule has 0 aliphatic carbocycles. The zero-order valence-corrected chi connectivity index (χ0v) is 11.0. The molecule has 1 aromatic carbocycles. The van der Waals surface area contributed by atoms with Gasteiger partial charge in [0.2, 0.25) is 5.91 Å². The van der Waals surface area contributed by atoms with E-state index < -0.39 is 28.9 Å². The summed E-state index contributed by atoms with van der Waals surface area (Å²) >= 11 is 0. The second-order valence-electron chi connectivity index (χ2n) is 5.07. The van der Waals surface area contributed by atoms with Crippen molar-refractivity contribution in [2.45, 2.75) is 25.8 Å². The van der Waals surface area contributed by atoms with Crippen molar-refractivity contribution in [3.8, 4) is 0 Å². The lowest BCUT2D eigenvalue weighted by Gasteiger charge is -2.29. The minimum Gasteiger partial charge on any atom is -0.342 e. The van der Waals surface area contributed by atoms with Crippen LogP contribution in [0.1, 0.15) is 20.3 Å². The number of carbonyl (C=O) groups excluding carboxylic acids is 2. The predicted octanol–water partition coefficient (Wildman–Crippen LogP) is 1.74. The quantitative estimate of drug-likeness (QED) is 0.799. The third-order valence-electron chi connectivity index (χ3n) is 3.10. The molecule has 1 N–H and O–H groups in total. The second kappa shape index (κ2) is 4.81. The summed E-state index contributed by atoms with van der Waals surface area (Å²) < 4.78 is 40.0. The van der Waals surface area contributed by atoms with Gasteiger partial charge in [-0.1, -0.05) is 0 Å². The summed E-state index contributed by atoms with van der Waals surface area (Å²) in [5, 5.41) is 2.49. The van der Waals surface area contributed by atoms with E-state index in [2.05, 4.69) is 5.32 Å². The number of carbonyl (C=O) groups is 2. The SMILES string of the molecule is CC1(C)NC(=O)CCN(c2ccc(F)c(F)c2F)C1=O. The van der Waals surface area contributed by atoms with Crippen LogP contribution in [0.2, 0.25) is 0 Å². The van der Waals surface area contributed by atoms with Crippen LogP contribution in [0.4, 0.5) is 18.9 Å². The van der Waals surface area contributed by atoms with E-state index in [1.165, 1.54) is 13.8 Å². The van der Waals surface area contributed by atoms with Crippen LogP contribution in [0.5, 0.6) is 0 Å². The summed E-state index contributed by atoms with van der Waals surface area (Å²) in [5.41, 5.74) is -1.62. The van der Waals surface area contributed by atoms with Crippen LogP contribution < -0.4 is 10.2 Å². The fraction of sp³-hybridized carbons (Fsp3) is 0.385. The second-order valence-corrected chi connectivity index (χ2v) is 5.07. The van der Waals surface area contributed by atoms with Gasteiger partial charge in [0, 0.05) is 13.0 Å². The molecule has 0 saturated carbocycles. The average Bonchev–Trinajstić information content (AvgIpc) is 2.46. The number of nitrogens with one attached hydrogen (secondary N) is 1. The fourth-order valence-corrected chi connectivity index (χ4v) is 2.07. The lowest BCUT2D eigenvalue weighted by molar-refractivity contribution is -0.128. The molecular weight excluding hydrogens is 273 g/mol. The Morgan fingerprint density at radius 1 is 1.15 bits per heavy atom. The van der Waals surface area contributed by atoms with Crippen LogP contribution >= 0.6 is 0 Å². The van der Waals surface area contributed by atoms with E-state index in [-0.39, 0.29) is 24.6 Å². The highest BCUT2D eigenvalue weighted by molar-refractivity contribution is 6.03. The topological polar surface area (TPSA) is 49.4 Å². The van der Waals surface area contributed by atoms with Crippen LogP contribution in [-0.4, -0.2) is 23.9 Å². The molecule has 2 amide bonds. The molecule has 0 unspecified atom stereocenters. The van der Waals surface area contributed by atoms with Crippen molar-refractivity contribution in [1.82, 2.24) is 5.32 Å². The highest BCUT2D eigenvalue weighted by Crippen LogP contribution is 2.27. The van der Waals surface area contributed by atoms with E-state index in [0.717, 1.165) is 17.0 Å². The third kappa shape index (κ3) is 2.35. The van der Waals surface area contributed by atoms with Gasteiger partial charge in [0.05, 0.1) is 5.69 Å². The molecule has 0 bridgehead atoms. The minimum atomic E-state index is -1.64. The maximum Gasteiger partial charge on any atom is 0.252 e. The first kappa shape index (κ1) is 14.4. The molecular formula is C13H13F3N2O2. The first-order chi connectivity index (χ1) is 9.24. The molecule has 1 aliphatic rings. The third-order valence-corrected chi connectivity index (χ3v) is 3.10. The highest BCUT2D eigenvalue weighted by Gasteiger charge is 2.38. The van der Waals surface area contributed by atoms with E-state index in [4.69, 9.17) is 0 Å². The molecule has 1 heterocycles. The van der Waals surface area contributed by atoms with Gasteiger partial charge < -0.3 is 10.2 Å². The van der Waals surface area contributed by atoms with E-state index in [1.54, 1.807) is 0 Å². The number of nitrogens with zero attached hydrogens (tertiary/aromatic N) is 1. The molecule has 2 rings (SSSR count). The van der Waals surface area contributed by atoms with Crippen molar-refractivity contribution in [3.63, 3.8) is 0 Å². The molecule has 0 atom stereocenters. The Morgan fingerprint density at radius 2 is 1.80 bits per heavy atom. The van der Waals surface area contributed by atoms with Crippen molar-refractivity contribution in [2.24, 2.45) is 0 Å². The summed E-state index contributed by atoms with van der Waals surface area (Å²) in [6.07, 6.45) is -0.0480. The highest BCUT2D eigenvalue weighted by atomic mass is 19.2. The number of halogens is 3. The van der Waals surface area contributed by atoms with Gasteiger partial charge in [-0.05, 0) is 26.0 Å². The number of anilines is 1. The molecule has 0 spiro atoms.